The maximum Gasteiger partial charge on any atom is 0.224 e. The number of carbonyl (C=O) groups excluding carboxylic acids is 1. The lowest BCUT2D eigenvalue weighted by Gasteiger charge is -2.27. The number of rotatable bonds is 5. The van der Waals surface area contributed by atoms with Crippen molar-refractivity contribution in [3.05, 3.63) is 41.0 Å². The van der Waals surface area contributed by atoms with Crippen LogP contribution in [-0.4, -0.2) is 53.5 Å². The van der Waals surface area contributed by atoms with E-state index in [4.69, 9.17) is 0 Å². The van der Waals surface area contributed by atoms with Crippen molar-refractivity contribution in [3.63, 3.8) is 0 Å². The topological polar surface area (TPSA) is 70.2 Å². The van der Waals surface area contributed by atoms with Gasteiger partial charge in [-0.2, -0.15) is 0 Å². The van der Waals surface area contributed by atoms with Gasteiger partial charge in [0, 0.05) is 49.6 Å². The number of thiophene rings is 1. The number of hydrogen-bond acceptors (Lipinski definition) is 6. The maximum atomic E-state index is 12.4. The first-order chi connectivity index (χ1) is 13.6. The van der Waals surface area contributed by atoms with E-state index in [1.54, 1.807) is 17.7 Å². The van der Waals surface area contributed by atoms with Crippen molar-refractivity contribution in [2.24, 2.45) is 0 Å². The Bertz CT molecular complexity index is 976. The van der Waals surface area contributed by atoms with E-state index >= 15 is 0 Å². The van der Waals surface area contributed by atoms with E-state index in [-0.39, 0.29) is 5.91 Å². The summed E-state index contributed by atoms with van der Waals surface area (Å²) in [7, 11) is 0. The van der Waals surface area contributed by atoms with E-state index in [1.165, 1.54) is 21.6 Å². The van der Waals surface area contributed by atoms with Gasteiger partial charge in [-0.15, -0.1) is 11.3 Å². The number of nitrogens with one attached hydrogen (secondary N) is 2. The molecule has 0 spiro atoms. The summed E-state index contributed by atoms with van der Waals surface area (Å²) in [5.74, 6) is 0.998. The van der Waals surface area contributed by atoms with Crippen LogP contribution in [0.25, 0.3) is 21.3 Å². The number of anilines is 1. The van der Waals surface area contributed by atoms with Crippen molar-refractivity contribution in [2.45, 2.75) is 20.3 Å². The highest BCUT2D eigenvalue weighted by molar-refractivity contribution is 7.19. The molecule has 1 aliphatic heterocycles. The molecule has 2 N–H and O–H groups in total. The van der Waals surface area contributed by atoms with Gasteiger partial charge in [0.15, 0.2) is 0 Å². The average Bonchev–Trinajstić information content (AvgIpc) is 3.06. The summed E-state index contributed by atoms with van der Waals surface area (Å²) < 4.78 is 0. The molecular weight excluding hydrogens is 370 g/mol. The monoisotopic (exact) mass is 395 g/mol. The molecule has 0 bridgehead atoms. The molecule has 3 heterocycles. The second kappa shape index (κ2) is 8.24. The fourth-order valence-corrected chi connectivity index (χ4v) is 4.62. The van der Waals surface area contributed by atoms with Crippen molar-refractivity contribution in [1.82, 2.24) is 20.2 Å². The minimum absolute atomic E-state index is 0.194. The van der Waals surface area contributed by atoms with Crippen LogP contribution >= 0.6 is 11.3 Å². The lowest BCUT2D eigenvalue weighted by Crippen LogP contribution is -2.46. The molecule has 1 aliphatic rings. The summed E-state index contributed by atoms with van der Waals surface area (Å²) in [5.41, 5.74) is 3.59. The highest BCUT2D eigenvalue weighted by Crippen LogP contribution is 2.40. The van der Waals surface area contributed by atoms with Gasteiger partial charge in [0.1, 0.15) is 17.0 Å². The van der Waals surface area contributed by atoms with Crippen LogP contribution in [0, 0.1) is 13.8 Å². The zero-order valence-electron chi connectivity index (χ0n) is 16.3. The van der Waals surface area contributed by atoms with Crippen molar-refractivity contribution < 1.29 is 4.79 Å². The van der Waals surface area contributed by atoms with Crippen LogP contribution in [0.4, 0.5) is 5.82 Å². The molecule has 1 amide bonds. The Morgan fingerprint density at radius 3 is 2.68 bits per heavy atom. The number of piperazine rings is 1. The molecule has 0 atom stereocenters. The summed E-state index contributed by atoms with van der Waals surface area (Å²) in [4.78, 5) is 25.5. The molecule has 1 aromatic carbocycles. The predicted octanol–water partition coefficient (Wildman–Crippen LogP) is 3.21. The molecule has 0 saturated carbocycles. The highest BCUT2D eigenvalue weighted by atomic mass is 32.1. The minimum Gasteiger partial charge on any atom is -0.369 e. The third kappa shape index (κ3) is 3.86. The first-order valence-corrected chi connectivity index (χ1v) is 10.5. The Morgan fingerprint density at radius 1 is 1.18 bits per heavy atom. The number of amides is 1. The fraction of sp³-hybridized carbons (Fsp3) is 0.381. The Morgan fingerprint density at radius 2 is 1.93 bits per heavy atom. The summed E-state index contributed by atoms with van der Waals surface area (Å²) in [6.07, 6.45) is 2.06. The van der Waals surface area contributed by atoms with Crippen molar-refractivity contribution in [2.75, 3.05) is 38.0 Å². The first-order valence-electron chi connectivity index (χ1n) is 9.67. The van der Waals surface area contributed by atoms with Crippen LogP contribution in [0.2, 0.25) is 0 Å². The van der Waals surface area contributed by atoms with E-state index in [0.717, 1.165) is 42.2 Å². The number of benzene rings is 1. The highest BCUT2D eigenvalue weighted by Gasteiger charge is 2.18. The summed E-state index contributed by atoms with van der Waals surface area (Å²) in [6, 6.07) is 8.55. The first kappa shape index (κ1) is 18.8. The summed E-state index contributed by atoms with van der Waals surface area (Å²) in [5, 5.41) is 7.70. The van der Waals surface area contributed by atoms with Crippen LogP contribution in [0.15, 0.2) is 30.6 Å². The number of nitrogens with zero attached hydrogens (tertiary/aromatic N) is 3. The van der Waals surface area contributed by atoms with E-state index in [0.29, 0.717) is 13.0 Å². The minimum atomic E-state index is 0.194. The van der Waals surface area contributed by atoms with Crippen LogP contribution in [0.3, 0.4) is 0 Å². The van der Waals surface area contributed by atoms with Gasteiger partial charge in [-0.1, -0.05) is 29.8 Å². The molecule has 7 heteroatoms. The molecular formula is C21H25N5OS. The number of hydrogen-bond donors (Lipinski definition) is 2. The third-order valence-corrected chi connectivity index (χ3v) is 6.12. The maximum absolute atomic E-state index is 12.4. The lowest BCUT2D eigenvalue weighted by atomic mass is 10.0. The SMILES string of the molecule is Cc1ccc(-c2c(C)sc3ncnc(NCCC(=O)N4CCNCC4)c23)cc1. The van der Waals surface area contributed by atoms with Crippen LogP contribution in [0.5, 0.6) is 0 Å². The molecule has 1 fully saturated rings. The molecule has 0 radical (unpaired) electrons. The van der Waals surface area contributed by atoms with Crippen LogP contribution in [0.1, 0.15) is 16.9 Å². The van der Waals surface area contributed by atoms with Gasteiger partial charge in [-0.05, 0) is 19.4 Å². The molecule has 2 aromatic heterocycles. The standard InChI is InChI=1S/C21H25N5OS/c1-14-3-5-16(6-4-14)18-15(2)28-21-19(18)20(24-13-25-21)23-8-7-17(27)26-11-9-22-10-12-26/h3-6,13,22H,7-12H2,1-2H3,(H,23,24,25). The van der Waals surface area contributed by atoms with Gasteiger partial charge in [0.25, 0.3) is 0 Å². The number of fused-ring (bicyclic) bond motifs is 1. The zero-order chi connectivity index (χ0) is 19.5. The second-order valence-corrected chi connectivity index (χ2v) is 8.31. The largest absolute Gasteiger partial charge is 0.369 e. The Kier molecular flexibility index (Phi) is 5.54. The van der Waals surface area contributed by atoms with Crippen molar-refractivity contribution >= 4 is 33.3 Å². The number of aryl methyl sites for hydroxylation is 2. The molecule has 6 nitrogen and oxygen atoms in total. The average molecular weight is 396 g/mol. The molecule has 0 aliphatic carbocycles. The predicted molar refractivity (Wildman–Crippen MR) is 115 cm³/mol. The molecule has 4 rings (SSSR count). The van der Waals surface area contributed by atoms with Gasteiger partial charge in [-0.3, -0.25) is 4.79 Å². The fourth-order valence-electron chi connectivity index (χ4n) is 3.61. The van der Waals surface area contributed by atoms with E-state index in [2.05, 4.69) is 58.7 Å². The third-order valence-electron chi connectivity index (χ3n) is 5.11. The summed E-state index contributed by atoms with van der Waals surface area (Å²) >= 11 is 1.68. The molecule has 0 unspecified atom stereocenters. The van der Waals surface area contributed by atoms with Gasteiger partial charge in [0.05, 0.1) is 5.39 Å². The summed E-state index contributed by atoms with van der Waals surface area (Å²) in [6.45, 7) is 8.11. The van der Waals surface area contributed by atoms with Crippen LogP contribution < -0.4 is 10.6 Å². The smallest absolute Gasteiger partial charge is 0.224 e. The van der Waals surface area contributed by atoms with Gasteiger partial charge in [0.2, 0.25) is 5.91 Å². The van der Waals surface area contributed by atoms with Crippen molar-refractivity contribution in [3.8, 4) is 11.1 Å². The Balaban J connectivity index is 1.55. The van der Waals surface area contributed by atoms with Crippen LogP contribution in [-0.2, 0) is 4.79 Å². The molecule has 28 heavy (non-hydrogen) atoms. The zero-order valence-corrected chi connectivity index (χ0v) is 17.1. The molecule has 1 saturated heterocycles. The molecule has 3 aromatic rings. The Hall–Kier alpha value is -2.51. The van der Waals surface area contributed by atoms with E-state index in [1.807, 2.05) is 4.90 Å². The van der Waals surface area contributed by atoms with Gasteiger partial charge in [-0.25, -0.2) is 9.97 Å². The number of carbonyl (C=O) groups is 1. The molecule has 146 valence electrons. The van der Waals surface area contributed by atoms with Gasteiger partial charge < -0.3 is 15.5 Å². The quantitative estimate of drug-likeness (QED) is 0.694. The van der Waals surface area contributed by atoms with E-state index in [9.17, 15) is 4.79 Å². The Labute approximate surface area is 169 Å². The van der Waals surface area contributed by atoms with Gasteiger partial charge >= 0.3 is 0 Å². The lowest BCUT2D eigenvalue weighted by molar-refractivity contribution is -0.131. The normalized spacial score (nSPS) is 14.4. The van der Waals surface area contributed by atoms with Crippen molar-refractivity contribution in [1.29, 1.82) is 0 Å². The van der Waals surface area contributed by atoms with E-state index < -0.39 is 0 Å². The second-order valence-electron chi connectivity index (χ2n) is 7.11. The number of aromatic nitrogens is 2.